The summed E-state index contributed by atoms with van der Waals surface area (Å²) >= 11 is 0. The number of anilines is 3. The summed E-state index contributed by atoms with van der Waals surface area (Å²) in [5.74, 6) is 0. The lowest BCUT2D eigenvalue weighted by molar-refractivity contribution is 1.32. The fraction of sp³-hybridized carbons (Fsp3) is 0. The van der Waals surface area contributed by atoms with E-state index in [0.29, 0.717) is 0 Å². The minimum Gasteiger partial charge on any atom is -0.397 e. The van der Waals surface area contributed by atoms with E-state index in [1.807, 2.05) is 36.4 Å². The topological polar surface area (TPSA) is 50.9 Å². The maximum atomic E-state index is 5.79. The van der Waals surface area contributed by atoms with Gasteiger partial charge in [-0.1, -0.05) is 12.1 Å². The summed E-state index contributed by atoms with van der Waals surface area (Å²) in [4.78, 5) is 4.01. The van der Waals surface area contributed by atoms with Gasteiger partial charge in [0.2, 0.25) is 0 Å². The normalized spacial score (nSPS) is 9.71. The van der Waals surface area contributed by atoms with E-state index in [1.54, 1.807) is 12.4 Å². The molecule has 0 spiro atoms. The van der Waals surface area contributed by atoms with E-state index in [4.69, 9.17) is 5.73 Å². The van der Waals surface area contributed by atoms with Crippen LogP contribution >= 0.6 is 0 Å². The van der Waals surface area contributed by atoms with Crippen LogP contribution in [0.5, 0.6) is 0 Å². The number of nitrogens with zero attached hydrogens (tertiary/aromatic N) is 1. The van der Waals surface area contributed by atoms with Gasteiger partial charge in [0.25, 0.3) is 0 Å². The molecule has 2 aromatic rings. The molecule has 1 aromatic carbocycles. The maximum absolute atomic E-state index is 5.79. The number of hydrogen-bond acceptors (Lipinski definition) is 3. The summed E-state index contributed by atoms with van der Waals surface area (Å²) < 4.78 is 0. The first-order valence-corrected chi connectivity index (χ1v) is 4.38. The van der Waals surface area contributed by atoms with Crippen LogP contribution in [-0.4, -0.2) is 4.98 Å². The molecular formula is C11H11N3. The van der Waals surface area contributed by atoms with Crippen LogP contribution in [-0.2, 0) is 0 Å². The highest BCUT2D eigenvalue weighted by Crippen LogP contribution is 2.21. The Bertz CT molecular complexity index is 412. The van der Waals surface area contributed by atoms with E-state index >= 15 is 0 Å². The van der Waals surface area contributed by atoms with Crippen molar-refractivity contribution in [2.75, 3.05) is 11.1 Å². The van der Waals surface area contributed by atoms with E-state index < -0.39 is 0 Å². The van der Waals surface area contributed by atoms with Gasteiger partial charge in [-0.25, -0.2) is 0 Å². The third kappa shape index (κ3) is 1.82. The Morgan fingerprint density at radius 3 is 2.64 bits per heavy atom. The average Bonchev–Trinajstić information content (AvgIpc) is 2.23. The van der Waals surface area contributed by atoms with Gasteiger partial charge in [-0.05, 0) is 24.3 Å². The molecule has 0 saturated heterocycles. The summed E-state index contributed by atoms with van der Waals surface area (Å²) in [6.07, 6.45) is 3.49. The lowest BCUT2D eigenvalue weighted by atomic mass is 10.2. The van der Waals surface area contributed by atoms with Crippen molar-refractivity contribution >= 4 is 17.1 Å². The van der Waals surface area contributed by atoms with Crippen LogP contribution < -0.4 is 11.1 Å². The maximum Gasteiger partial charge on any atom is 0.0618 e. The first-order valence-electron chi connectivity index (χ1n) is 4.38. The second-order valence-electron chi connectivity index (χ2n) is 2.95. The molecule has 0 fully saturated rings. The van der Waals surface area contributed by atoms with E-state index in [2.05, 4.69) is 10.3 Å². The Morgan fingerprint density at radius 2 is 1.93 bits per heavy atom. The molecule has 3 heteroatoms. The molecule has 0 aliphatic carbocycles. The van der Waals surface area contributed by atoms with Crippen molar-refractivity contribution in [2.24, 2.45) is 0 Å². The molecule has 14 heavy (non-hydrogen) atoms. The molecule has 0 bridgehead atoms. The Morgan fingerprint density at radius 1 is 1.07 bits per heavy atom. The average molecular weight is 185 g/mol. The van der Waals surface area contributed by atoms with Gasteiger partial charge in [-0.2, -0.15) is 0 Å². The monoisotopic (exact) mass is 185 g/mol. The quantitative estimate of drug-likeness (QED) is 0.706. The van der Waals surface area contributed by atoms with Crippen molar-refractivity contribution in [3.8, 4) is 0 Å². The fourth-order valence-corrected chi connectivity index (χ4v) is 1.20. The highest BCUT2D eigenvalue weighted by Gasteiger charge is 1.96. The van der Waals surface area contributed by atoms with Crippen LogP contribution in [0.25, 0.3) is 0 Å². The van der Waals surface area contributed by atoms with Crippen molar-refractivity contribution in [1.29, 1.82) is 0 Å². The predicted molar refractivity (Wildman–Crippen MR) is 58.4 cm³/mol. The highest BCUT2D eigenvalue weighted by atomic mass is 14.9. The third-order valence-electron chi connectivity index (χ3n) is 1.90. The Kier molecular flexibility index (Phi) is 2.32. The molecule has 3 N–H and O–H groups in total. The Balaban J connectivity index is 2.24. The molecule has 3 nitrogen and oxygen atoms in total. The second kappa shape index (κ2) is 3.79. The predicted octanol–water partition coefficient (Wildman–Crippen LogP) is 2.41. The summed E-state index contributed by atoms with van der Waals surface area (Å²) in [7, 11) is 0. The molecule has 2 rings (SSSR count). The van der Waals surface area contributed by atoms with Crippen LogP contribution in [0.3, 0.4) is 0 Å². The largest absolute Gasteiger partial charge is 0.397 e. The number of nitrogen functional groups attached to an aromatic ring is 1. The molecule has 0 amide bonds. The smallest absolute Gasteiger partial charge is 0.0618 e. The third-order valence-corrected chi connectivity index (χ3v) is 1.90. The van der Waals surface area contributed by atoms with Crippen molar-refractivity contribution in [3.05, 3.63) is 48.8 Å². The van der Waals surface area contributed by atoms with Gasteiger partial charge in [0.1, 0.15) is 0 Å². The number of para-hydroxylation sites is 2. The van der Waals surface area contributed by atoms with E-state index in [1.165, 1.54) is 0 Å². The SMILES string of the molecule is Nc1ccccc1Nc1cccnc1. The number of pyridine rings is 1. The molecule has 0 aliphatic rings. The molecule has 0 aliphatic heterocycles. The van der Waals surface area contributed by atoms with Crippen LogP contribution in [0.2, 0.25) is 0 Å². The molecule has 1 aromatic heterocycles. The first kappa shape index (κ1) is 8.56. The standard InChI is InChI=1S/C11H11N3/c12-10-5-1-2-6-11(10)14-9-4-3-7-13-8-9/h1-8,14H,12H2. The van der Waals surface area contributed by atoms with Crippen molar-refractivity contribution in [1.82, 2.24) is 4.98 Å². The number of nitrogens with two attached hydrogens (primary N) is 1. The number of hydrogen-bond donors (Lipinski definition) is 2. The van der Waals surface area contributed by atoms with Crippen molar-refractivity contribution in [2.45, 2.75) is 0 Å². The molecule has 0 saturated carbocycles. The van der Waals surface area contributed by atoms with Gasteiger partial charge in [-0.3, -0.25) is 4.98 Å². The van der Waals surface area contributed by atoms with Crippen LogP contribution in [0.1, 0.15) is 0 Å². The molecule has 1 heterocycles. The second-order valence-corrected chi connectivity index (χ2v) is 2.95. The summed E-state index contributed by atoms with van der Waals surface area (Å²) in [5, 5.41) is 3.18. The van der Waals surface area contributed by atoms with E-state index in [-0.39, 0.29) is 0 Å². The van der Waals surface area contributed by atoms with Crippen LogP contribution in [0.4, 0.5) is 17.1 Å². The molecule has 0 radical (unpaired) electrons. The first-order chi connectivity index (χ1) is 6.86. The summed E-state index contributed by atoms with van der Waals surface area (Å²) in [5.41, 5.74) is 8.36. The van der Waals surface area contributed by atoms with Crippen molar-refractivity contribution < 1.29 is 0 Å². The Hall–Kier alpha value is -2.03. The van der Waals surface area contributed by atoms with Crippen LogP contribution in [0.15, 0.2) is 48.8 Å². The zero-order chi connectivity index (χ0) is 9.80. The highest BCUT2D eigenvalue weighted by molar-refractivity contribution is 5.71. The number of nitrogens with one attached hydrogen (secondary N) is 1. The van der Waals surface area contributed by atoms with Crippen molar-refractivity contribution in [3.63, 3.8) is 0 Å². The summed E-state index contributed by atoms with van der Waals surface area (Å²) in [6, 6.07) is 11.5. The molecule has 0 unspecified atom stereocenters. The Labute approximate surface area is 82.6 Å². The van der Waals surface area contributed by atoms with Crippen LogP contribution in [0, 0.1) is 0 Å². The van der Waals surface area contributed by atoms with Gasteiger partial charge < -0.3 is 11.1 Å². The van der Waals surface area contributed by atoms with Gasteiger partial charge in [-0.15, -0.1) is 0 Å². The van der Waals surface area contributed by atoms with Gasteiger partial charge in [0, 0.05) is 6.20 Å². The number of benzene rings is 1. The minimum absolute atomic E-state index is 0.733. The zero-order valence-electron chi connectivity index (χ0n) is 7.64. The molecule has 70 valence electrons. The number of aromatic nitrogens is 1. The lowest BCUT2D eigenvalue weighted by Gasteiger charge is -2.07. The van der Waals surface area contributed by atoms with Gasteiger partial charge >= 0.3 is 0 Å². The van der Waals surface area contributed by atoms with E-state index in [9.17, 15) is 0 Å². The summed E-state index contributed by atoms with van der Waals surface area (Å²) in [6.45, 7) is 0. The molecule has 0 atom stereocenters. The fourth-order valence-electron chi connectivity index (χ4n) is 1.20. The zero-order valence-corrected chi connectivity index (χ0v) is 7.64. The number of rotatable bonds is 2. The van der Waals surface area contributed by atoms with E-state index in [0.717, 1.165) is 17.1 Å². The lowest BCUT2D eigenvalue weighted by Crippen LogP contribution is -1.95. The van der Waals surface area contributed by atoms with Gasteiger partial charge in [0.05, 0.1) is 23.3 Å². The molecular weight excluding hydrogens is 174 g/mol. The van der Waals surface area contributed by atoms with Gasteiger partial charge in [0.15, 0.2) is 0 Å². The minimum atomic E-state index is 0.733.